The minimum absolute atomic E-state index is 0.375. The molecule has 0 heterocycles. The Hall–Kier alpha value is -3.88. The molecule has 1 atom stereocenters. The highest BCUT2D eigenvalue weighted by Crippen LogP contribution is 2.40. The Morgan fingerprint density at radius 1 is 1.04 bits per heavy atom. The van der Waals surface area contributed by atoms with Gasteiger partial charge in [0.1, 0.15) is 6.04 Å². The fourth-order valence-electron chi connectivity index (χ4n) is 1.49. The summed E-state index contributed by atoms with van der Waals surface area (Å²) in [5, 5.41) is 32.6. The zero-order chi connectivity index (χ0) is 19.3. The Labute approximate surface area is 136 Å². The van der Waals surface area contributed by atoms with Crippen molar-refractivity contribution in [2.45, 2.75) is 12.5 Å². The molecule has 0 saturated heterocycles. The number of hydrogen-bond acceptors (Lipinski definition) is 11. The second kappa shape index (κ2) is 7.59. The summed E-state index contributed by atoms with van der Waals surface area (Å²) in [5.41, 5.74) is 6.68. The van der Waals surface area contributed by atoms with E-state index in [1.54, 1.807) is 0 Å². The zero-order valence-corrected chi connectivity index (χ0v) is 12.0. The number of nitro groups is 3. The molecule has 25 heavy (non-hydrogen) atoms. The smallest absolute Gasteiger partial charge is 0.370 e. The summed E-state index contributed by atoms with van der Waals surface area (Å²) < 4.78 is 0. The lowest BCUT2D eigenvalue weighted by Crippen LogP contribution is -2.37. The van der Waals surface area contributed by atoms with E-state index in [2.05, 4.69) is 9.78 Å². The summed E-state index contributed by atoms with van der Waals surface area (Å²) >= 11 is 0. The van der Waals surface area contributed by atoms with Gasteiger partial charge in [-0.15, -0.1) is 0 Å². The van der Waals surface area contributed by atoms with E-state index in [0.29, 0.717) is 12.1 Å². The maximum Gasteiger partial charge on any atom is 0.372 e. The normalized spacial score (nSPS) is 11.2. The lowest BCUT2D eigenvalue weighted by Gasteiger charge is -2.09. The summed E-state index contributed by atoms with van der Waals surface area (Å²) in [6, 6.07) is -0.840. The molecule has 1 aromatic carbocycles. The minimum Gasteiger partial charge on any atom is -0.370 e. The largest absolute Gasteiger partial charge is 0.372 e. The van der Waals surface area contributed by atoms with Crippen molar-refractivity contribution < 1.29 is 34.1 Å². The molecule has 0 aliphatic rings. The molecular formula is C10H9N5O10. The van der Waals surface area contributed by atoms with Crippen LogP contribution in [0.25, 0.3) is 0 Å². The van der Waals surface area contributed by atoms with Gasteiger partial charge in [0.05, 0.1) is 33.3 Å². The Morgan fingerprint density at radius 3 is 1.88 bits per heavy atom. The molecule has 1 amide bonds. The Balaban J connectivity index is 3.22. The van der Waals surface area contributed by atoms with E-state index < -0.39 is 61.9 Å². The van der Waals surface area contributed by atoms with Gasteiger partial charge < -0.3 is 11.5 Å². The van der Waals surface area contributed by atoms with E-state index in [0.717, 1.165) is 0 Å². The quantitative estimate of drug-likeness (QED) is 0.339. The van der Waals surface area contributed by atoms with Gasteiger partial charge in [0, 0.05) is 0 Å². The van der Waals surface area contributed by atoms with E-state index in [4.69, 9.17) is 11.5 Å². The highest BCUT2D eigenvalue weighted by atomic mass is 17.2. The number of carbonyl (C=O) groups is 2. The van der Waals surface area contributed by atoms with Crippen LogP contribution in [0.1, 0.15) is 6.42 Å². The lowest BCUT2D eigenvalue weighted by atomic mass is 10.2. The van der Waals surface area contributed by atoms with Crippen LogP contribution in [0.4, 0.5) is 17.1 Å². The average molecular weight is 359 g/mol. The summed E-state index contributed by atoms with van der Waals surface area (Å²) in [7, 11) is 0. The third-order valence-electron chi connectivity index (χ3n) is 2.57. The predicted molar refractivity (Wildman–Crippen MR) is 74.9 cm³/mol. The number of primary amides is 1. The van der Waals surface area contributed by atoms with Crippen molar-refractivity contribution in [1.29, 1.82) is 0 Å². The molecular weight excluding hydrogens is 350 g/mol. The Morgan fingerprint density at radius 2 is 1.52 bits per heavy atom. The van der Waals surface area contributed by atoms with Crippen molar-refractivity contribution >= 4 is 28.9 Å². The minimum atomic E-state index is -1.59. The monoisotopic (exact) mass is 359 g/mol. The molecule has 15 nitrogen and oxygen atoms in total. The molecule has 4 N–H and O–H groups in total. The highest BCUT2D eigenvalue weighted by molar-refractivity contribution is 5.84. The van der Waals surface area contributed by atoms with Gasteiger partial charge in [0.15, 0.2) is 0 Å². The van der Waals surface area contributed by atoms with Crippen LogP contribution in [-0.2, 0) is 14.5 Å². The van der Waals surface area contributed by atoms with Crippen LogP contribution in [0.15, 0.2) is 12.1 Å². The van der Waals surface area contributed by atoms with Crippen LogP contribution in [0.2, 0.25) is 0 Å². The molecule has 0 aliphatic carbocycles. The van der Waals surface area contributed by atoms with Gasteiger partial charge in [-0.25, -0.2) is 9.68 Å². The Bertz CT molecular complexity index is 727. The first kappa shape index (κ1) is 19.2. The van der Waals surface area contributed by atoms with Gasteiger partial charge in [-0.05, 0) is 0 Å². The van der Waals surface area contributed by atoms with Crippen LogP contribution >= 0.6 is 0 Å². The SMILES string of the molecule is NC(=O)CC(N)C(=O)OOc1c([N+](=O)[O-])cc([N+](=O)[O-])cc1[N+](=O)[O-]. The average Bonchev–Trinajstić information content (AvgIpc) is 2.50. The van der Waals surface area contributed by atoms with Gasteiger partial charge in [0.2, 0.25) is 5.91 Å². The standard InChI is InChI=1S/C10H9N5O10/c11-5(3-8(12)16)10(17)25-24-9-6(14(20)21)1-4(13(18)19)2-7(9)15(22)23/h1-2,5H,3,11H2,(H2,12,16). The molecule has 1 rings (SSSR count). The number of hydrogen-bond donors (Lipinski definition) is 2. The van der Waals surface area contributed by atoms with Gasteiger partial charge in [-0.3, -0.25) is 40.0 Å². The molecule has 134 valence electrons. The summed E-state index contributed by atoms with van der Waals surface area (Å²) in [4.78, 5) is 59.6. The van der Waals surface area contributed by atoms with Crippen molar-refractivity contribution in [2.24, 2.45) is 11.5 Å². The number of rotatable bonds is 8. The lowest BCUT2D eigenvalue weighted by molar-refractivity contribution is -0.407. The summed E-state index contributed by atoms with van der Waals surface area (Å²) in [6.45, 7) is 0. The highest BCUT2D eigenvalue weighted by Gasteiger charge is 2.34. The number of nitro benzene ring substituents is 3. The fraction of sp³-hybridized carbons (Fsp3) is 0.200. The molecule has 0 saturated carbocycles. The van der Waals surface area contributed by atoms with Gasteiger partial charge in [-0.1, -0.05) is 0 Å². The summed E-state index contributed by atoms with van der Waals surface area (Å²) in [6.07, 6.45) is -0.646. The third kappa shape index (κ3) is 4.79. The van der Waals surface area contributed by atoms with E-state index in [1.807, 2.05) is 0 Å². The first-order valence-corrected chi connectivity index (χ1v) is 6.08. The third-order valence-corrected chi connectivity index (χ3v) is 2.57. The zero-order valence-electron chi connectivity index (χ0n) is 12.0. The van der Waals surface area contributed by atoms with Gasteiger partial charge in [0.25, 0.3) is 5.69 Å². The molecule has 0 radical (unpaired) electrons. The van der Waals surface area contributed by atoms with E-state index >= 15 is 0 Å². The van der Waals surface area contributed by atoms with Crippen molar-refractivity contribution in [3.63, 3.8) is 0 Å². The maximum atomic E-state index is 11.5. The maximum absolute atomic E-state index is 11.5. The van der Waals surface area contributed by atoms with E-state index in [1.165, 1.54) is 0 Å². The second-order valence-corrected chi connectivity index (χ2v) is 4.35. The topological polar surface area (TPSA) is 234 Å². The van der Waals surface area contributed by atoms with Crippen LogP contribution in [0.5, 0.6) is 5.75 Å². The van der Waals surface area contributed by atoms with Crippen molar-refractivity contribution in [3.8, 4) is 5.75 Å². The number of carbonyl (C=O) groups excluding carboxylic acids is 2. The number of amides is 1. The summed E-state index contributed by atoms with van der Waals surface area (Å²) in [5.74, 6) is -3.53. The number of nitrogens with zero attached hydrogens (tertiary/aromatic N) is 3. The van der Waals surface area contributed by atoms with E-state index in [-0.39, 0.29) is 0 Å². The number of non-ortho nitro benzene ring substituents is 1. The second-order valence-electron chi connectivity index (χ2n) is 4.35. The molecule has 15 heteroatoms. The molecule has 0 aromatic heterocycles. The Kier molecular flexibility index (Phi) is 5.82. The van der Waals surface area contributed by atoms with Crippen LogP contribution in [-0.4, -0.2) is 32.7 Å². The first-order chi connectivity index (χ1) is 11.5. The molecule has 0 aliphatic heterocycles. The first-order valence-electron chi connectivity index (χ1n) is 6.08. The van der Waals surface area contributed by atoms with Crippen LogP contribution < -0.4 is 16.4 Å². The predicted octanol–water partition coefficient (Wildman–Crippen LogP) is -0.549. The van der Waals surface area contributed by atoms with Crippen LogP contribution in [0.3, 0.4) is 0 Å². The molecule has 1 aromatic rings. The number of nitrogens with two attached hydrogens (primary N) is 2. The molecule has 0 bridgehead atoms. The molecule has 0 spiro atoms. The molecule has 1 unspecified atom stereocenters. The van der Waals surface area contributed by atoms with E-state index in [9.17, 15) is 39.9 Å². The van der Waals surface area contributed by atoms with Crippen molar-refractivity contribution in [1.82, 2.24) is 0 Å². The molecule has 0 fully saturated rings. The van der Waals surface area contributed by atoms with Crippen molar-refractivity contribution in [2.75, 3.05) is 0 Å². The number of benzene rings is 1. The fourth-order valence-corrected chi connectivity index (χ4v) is 1.49. The van der Waals surface area contributed by atoms with Crippen LogP contribution in [0, 0.1) is 30.3 Å². The van der Waals surface area contributed by atoms with Gasteiger partial charge in [-0.2, -0.15) is 0 Å². The van der Waals surface area contributed by atoms with Crippen molar-refractivity contribution in [3.05, 3.63) is 42.5 Å². The van der Waals surface area contributed by atoms with Gasteiger partial charge >= 0.3 is 23.1 Å².